The van der Waals surface area contributed by atoms with Crippen molar-refractivity contribution in [3.8, 4) is 6.07 Å². The Hall–Kier alpha value is -0.720. The summed E-state index contributed by atoms with van der Waals surface area (Å²) >= 11 is 0. The summed E-state index contributed by atoms with van der Waals surface area (Å²) in [5, 5.41) is 16.7. The third-order valence-electron chi connectivity index (χ3n) is 0.736. The number of rotatable bonds is 4. The van der Waals surface area contributed by atoms with E-state index in [1.165, 1.54) is 0 Å². The third-order valence-corrected chi connectivity index (χ3v) is 1.17. The number of aliphatic hydroxyl groups excluding tert-OH is 1. The van der Waals surface area contributed by atoms with Gasteiger partial charge < -0.3 is 10.0 Å². The molecule has 1 atom stereocenters. The first kappa shape index (κ1) is 16.7. The Bertz CT molecular complexity index is 279. The molecular formula is C7H16N2O5S. The van der Waals surface area contributed by atoms with Crippen molar-refractivity contribution in [1.29, 1.82) is 5.26 Å². The van der Waals surface area contributed by atoms with Gasteiger partial charge in [-0.2, -0.15) is 13.7 Å². The minimum absolute atomic E-state index is 0.241. The summed E-state index contributed by atoms with van der Waals surface area (Å²) in [6, 6.07) is 1.60. The molecule has 0 aromatic rings. The fourth-order valence-corrected chi connectivity index (χ4v) is 0.658. The van der Waals surface area contributed by atoms with Gasteiger partial charge in [-0.1, -0.05) is 0 Å². The molecule has 0 spiro atoms. The molecule has 0 bridgehead atoms. The van der Waals surface area contributed by atoms with Crippen LogP contribution in [-0.4, -0.2) is 56.8 Å². The van der Waals surface area contributed by atoms with Crippen molar-refractivity contribution >= 4 is 10.4 Å². The summed E-state index contributed by atoms with van der Waals surface area (Å²) in [4.78, 5) is 2.00. The molecule has 90 valence electrons. The highest BCUT2D eigenvalue weighted by Gasteiger charge is 2.09. The van der Waals surface area contributed by atoms with Crippen LogP contribution in [0.15, 0.2) is 0 Å². The van der Waals surface area contributed by atoms with Crippen molar-refractivity contribution in [3.63, 3.8) is 0 Å². The van der Waals surface area contributed by atoms with Crippen LogP contribution in [0.4, 0.5) is 0 Å². The largest absolute Gasteiger partial charge is 0.397 e. The van der Waals surface area contributed by atoms with Crippen molar-refractivity contribution in [2.24, 2.45) is 0 Å². The Morgan fingerprint density at radius 3 is 2.13 bits per heavy atom. The third kappa shape index (κ3) is 24.6. The van der Waals surface area contributed by atoms with Crippen LogP contribution < -0.4 is 0 Å². The van der Waals surface area contributed by atoms with E-state index in [4.69, 9.17) is 14.9 Å². The first-order chi connectivity index (χ1) is 6.69. The van der Waals surface area contributed by atoms with Gasteiger partial charge in [-0.3, -0.25) is 4.55 Å². The summed E-state index contributed by atoms with van der Waals surface area (Å²) in [5.74, 6) is 0. The van der Waals surface area contributed by atoms with Crippen molar-refractivity contribution in [2.45, 2.75) is 12.5 Å². The Morgan fingerprint density at radius 2 is 1.87 bits per heavy atom. The maximum atomic E-state index is 9.88. The lowest BCUT2D eigenvalue weighted by Gasteiger charge is -2.03. The van der Waals surface area contributed by atoms with Crippen molar-refractivity contribution in [1.82, 2.24) is 4.90 Å². The minimum atomic E-state index is -4.51. The summed E-state index contributed by atoms with van der Waals surface area (Å²) in [6.07, 6.45) is -1.43. The normalized spacial score (nSPS) is 12.6. The molecule has 0 radical (unpaired) electrons. The fraction of sp³-hybridized carbons (Fsp3) is 0.857. The van der Waals surface area contributed by atoms with E-state index in [0.29, 0.717) is 0 Å². The lowest BCUT2D eigenvalue weighted by Crippen LogP contribution is -2.17. The molecule has 0 amide bonds. The van der Waals surface area contributed by atoms with Crippen LogP contribution in [0.25, 0.3) is 0 Å². The van der Waals surface area contributed by atoms with Gasteiger partial charge in [0, 0.05) is 0 Å². The van der Waals surface area contributed by atoms with Crippen LogP contribution in [-0.2, 0) is 14.6 Å². The van der Waals surface area contributed by atoms with E-state index in [9.17, 15) is 8.42 Å². The van der Waals surface area contributed by atoms with Gasteiger partial charge in [0.15, 0.2) is 0 Å². The lowest BCUT2D eigenvalue weighted by molar-refractivity contribution is 0.106. The van der Waals surface area contributed by atoms with Crippen LogP contribution in [0.2, 0.25) is 0 Å². The summed E-state index contributed by atoms with van der Waals surface area (Å²) in [6.45, 7) is -0.605. The van der Waals surface area contributed by atoms with E-state index in [-0.39, 0.29) is 6.42 Å². The first-order valence-electron chi connectivity index (χ1n) is 3.96. The topological polar surface area (TPSA) is 111 Å². The van der Waals surface area contributed by atoms with Gasteiger partial charge in [0.1, 0.15) is 0 Å². The maximum absolute atomic E-state index is 9.88. The first-order valence-corrected chi connectivity index (χ1v) is 5.33. The molecule has 0 aromatic carbocycles. The zero-order valence-corrected chi connectivity index (χ0v) is 9.73. The van der Waals surface area contributed by atoms with Gasteiger partial charge >= 0.3 is 10.4 Å². The quantitative estimate of drug-likeness (QED) is 0.622. The molecule has 0 saturated carbocycles. The molecule has 2 N–H and O–H groups in total. The second kappa shape index (κ2) is 8.58. The second-order valence-corrected chi connectivity index (χ2v) is 4.16. The predicted octanol–water partition coefficient (Wildman–Crippen LogP) is -0.742. The fourth-order valence-electron chi connectivity index (χ4n) is 0.329. The van der Waals surface area contributed by atoms with E-state index >= 15 is 0 Å². The van der Waals surface area contributed by atoms with Gasteiger partial charge in [-0.05, 0) is 21.1 Å². The highest BCUT2D eigenvalue weighted by molar-refractivity contribution is 7.80. The zero-order valence-electron chi connectivity index (χ0n) is 8.91. The Labute approximate surface area is 89.8 Å². The van der Waals surface area contributed by atoms with Crippen LogP contribution in [0, 0.1) is 11.3 Å². The zero-order chi connectivity index (χ0) is 12.5. The summed E-state index contributed by atoms with van der Waals surface area (Å²) in [5.41, 5.74) is 0. The summed E-state index contributed by atoms with van der Waals surface area (Å²) in [7, 11) is 1.49. The smallest absolute Gasteiger partial charge is 0.390 e. The molecule has 8 heteroatoms. The van der Waals surface area contributed by atoms with Crippen LogP contribution >= 0.6 is 0 Å². The van der Waals surface area contributed by atoms with Crippen molar-refractivity contribution in [3.05, 3.63) is 0 Å². The number of nitrogens with zero attached hydrogens (tertiary/aromatic N) is 2. The van der Waals surface area contributed by atoms with E-state index < -0.39 is 23.1 Å². The predicted molar refractivity (Wildman–Crippen MR) is 53.3 cm³/mol. The van der Waals surface area contributed by atoms with Crippen molar-refractivity contribution < 1.29 is 22.3 Å². The Morgan fingerprint density at radius 1 is 1.47 bits per heavy atom. The molecule has 0 aromatic heterocycles. The van der Waals surface area contributed by atoms with Crippen LogP contribution in [0.3, 0.4) is 0 Å². The van der Waals surface area contributed by atoms with Gasteiger partial charge in [0.05, 0.1) is 25.2 Å². The van der Waals surface area contributed by atoms with Gasteiger partial charge in [-0.25, -0.2) is 4.18 Å². The molecule has 15 heavy (non-hydrogen) atoms. The molecule has 0 fully saturated rings. The number of hydrogen-bond donors (Lipinski definition) is 2. The van der Waals surface area contributed by atoms with Crippen LogP contribution in [0.1, 0.15) is 6.42 Å². The van der Waals surface area contributed by atoms with Gasteiger partial charge in [-0.15, -0.1) is 0 Å². The molecule has 0 aliphatic heterocycles. The van der Waals surface area contributed by atoms with E-state index in [0.717, 1.165) is 0 Å². The highest BCUT2D eigenvalue weighted by Crippen LogP contribution is 1.93. The Kier molecular flexibility index (Phi) is 9.55. The van der Waals surface area contributed by atoms with E-state index in [1.54, 1.807) is 6.07 Å². The average Bonchev–Trinajstić information content (AvgIpc) is 1.99. The number of hydrogen-bond acceptors (Lipinski definition) is 6. The molecule has 1 unspecified atom stereocenters. The second-order valence-electron chi connectivity index (χ2n) is 3.07. The molecule has 7 nitrogen and oxygen atoms in total. The molecule has 0 aliphatic carbocycles. The molecule has 0 saturated heterocycles. The summed E-state index contributed by atoms with van der Waals surface area (Å²) < 4.78 is 31.5. The maximum Gasteiger partial charge on any atom is 0.397 e. The standard InChI is InChI=1S/C4H7NO5S.C3H9N/c5-2-1-4(6)3-10-11(7,8)9;1-4(2)3/h4,6H,1,3H2,(H,7,8,9);1-3H3. The van der Waals surface area contributed by atoms with Crippen molar-refractivity contribution in [2.75, 3.05) is 27.7 Å². The average molecular weight is 240 g/mol. The molecule has 0 heterocycles. The number of nitriles is 1. The lowest BCUT2D eigenvalue weighted by atomic mass is 10.3. The van der Waals surface area contributed by atoms with Gasteiger partial charge in [0.2, 0.25) is 0 Å². The molecule has 0 rings (SSSR count). The molecule has 0 aliphatic rings. The molecular weight excluding hydrogens is 224 g/mol. The van der Waals surface area contributed by atoms with E-state index in [2.05, 4.69) is 4.18 Å². The number of aliphatic hydroxyl groups is 1. The monoisotopic (exact) mass is 240 g/mol. The van der Waals surface area contributed by atoms with Crippen LogP contribution in [0.5, 0.6) is 0 Å². The Balaban J connectivity index is 0. The highest BCUT2D eigenvalue weighted by atomic mass is 32.3. The van der Waals surface area contributed by atoms with E-state index in [1.807, 2.05) is 26.0 Å². The van der Waals surface area contributed by atoms with Gasteiger partial charge in [0.25, 0.3) is 0 Å². The minimum Gasteiger partial charge on any atom is -0.390 e. The SMILES string of the molecule is CN(C)C.N#CCC(O)COS(=O)(=O)O.